The standard InChI is InChI=1S/C24H30Cl2N2O3/c1-5-6-11-27-24(30)18(4)28(14-19-8-9-20(25)21(26)13-19)23(29)15-31-22-10-7-16(2)12-17(22)3/h7-10,12-13,18H,5-6,11,14-15H2,1-4H3,(H,27,30)/t18-/m1/s1. The highest BCUT2D eigenvalue weighted by Crippen LogP contribution is 2.24. The largest absolute Gasteiger partial charge is 0.483 e. The normalized spacial score (nSPS) is 11.7. The van der Waals surface area contributed by atoms with Crippen molar-refractivity contribution >= 4 is 35.0 Å². The van der Waals surface area contributed by atoms with Crippen molar-refractivity contribution in [1.29, 1.82) is 0 Å². The highest BCUT2D eigenvalue weighted by Gasteiger charge is 2.26. The van der Waals surface area contributed by atoms with Gasteiger partial charge in [-0.3, -0.25) is 9.59 Å². The van der Waals surface area contributed by atoms with Crippen LogP contribution in [0.3, 0.4) is 0 Å². The Morgan fingerprint density at radius 3 is 2.48 bits per heavy atom. The van der Waals surface area contributed by atoms with Gasteiger partial charge in [0.15, 0.2) is 6.61 Å². The lowest BCUT2D eigenvalue weighted by Gasteiger charge is -2.29. The summed E-state index contributed by atoms with van der Waals surface area (Å²) in [5.74, 6) is 0.158. The number of aryl methyl sites for hydroxylation is 2. The molecule has 168 valence electrons. The van der Waals surface area contributed by atoms with E-state index in [9.17, 15) is 9.59 Å². The predicted octanol–water partition coefficient (Wildman–Crippen LogP) is 5.32. The van der Waals surface area contributed by atoms with Crippen LogP contribution in [0.5, 0.6) is 5.75 Å². The summed E-state index contributed by atoms with van der Waals surface area (Å²) in [6.07, 6.45) is 1.86. The lowest BCUT2D eigenvalue weighted by Crippen LogP contribution is -2.49. The summed E-state index contributed by atoms with van der Waals surface area (Å²) in [4.78, 5) is 27.2. The maximum Gasteiger partial charge on any atom is 0.261 e. The monoisotopic (exact) mass is 464 g/mol. The van der Waals surface area contributed by atoms with Crippen LogP contribution in [0, 0.1) is 13.8 Å². The van der Waals surface area contributed by atoms with Gasteiger partial charge in [-0.05, 0) is 56.5 Å². The van der Waals surface area contributed by atoms with Crippen molar-refractivity contribution in [2.75, 3.05) is 13.2 Å². The Kier molecular flexibility index (Phi) is 9.66. The van der Waals surface area contributed by atoms with Crippen LogP contribution in [0.15, 0.2) is 36.4 Å². The number of nitrogens with one attached hydrogen (secondary N) is 1. The van der Waals surface area contributed by atoms with E-state index < -0.39 is 6.04 Å². The summed E-state index contributed by atoms with van der Waals surface area (Å²) >= 11 is 12.1. The van der Waals surface area contributed by atoms with E-state index in [-0.39, 0.29) is 25.0 Å². The fourth-order valence-corrected chi connectivity index (χ4v) is 3.46. The second-order valence-electron chi connectivity index (χ2n) is 7.65. The molecule has 0 aliphatic heterocycles. The first kappa shape index (κ1) is 25.0. The number of benzene rings is 2. The number of ether oxygens (including phenoxy) is 1. The maximum atomic E-state index is 13.1. The molecule has 1 atom stereocenters. The zero-order valence-corrected chi connectivity index (χ0v) is 20.0. The highest BCUT2D eigenvalue weighted by molar-refractivity contribution is 6.42. The van der Waals surface area contributed by atoms with Crippen molar-refractivity contribution in [3.05, 3.63) is 63.1 Å². The predicted molar refractivity (Wildman–Crippen MR) is 126 cm³/mol. The van der Waals surface area contributed by atoms with E-state index in [1.165, 1.54) is 4.90 Å². The molecule has 2 aromatic carbocycles. The number of unbranched alkanes of at least 4 members (excludes halogenated alkanes) is 1. The Bertz CT molecular complexity index is 918. The lowest BCUT2D eigenvalue weighted by molar-refractivity contribution is -0.142. The van der Waals surface area contributed by atoms with Gasteiger partial charge in [0.05, 0.1) is 10.0 Å². The molecule has 0 saturated carbocycles. The van der Waals surface area contributed by atoms with E-state index in [0.29, 0.717) is 22.3 Å². The molecule has 0 spiro atoms. The van der Waals surface area contributed by atoms with Gasteiger partial charge in [-0.25, -0.2) is 0 Å². The molecule has 0 aliphatic carbocycles. The van der Waals surface area contributed by atoms with Gasteiger partial charge in [0, 0.05) is 13.1 Å². The fraction of sp³-hybridized carbons (Fsp3) is 0.417. The average Bonchev–Trinajstić information content (AvgIpc) is 2.73. The number of halogens is 2. The molecule has 0 heterocycles. The minimum Gasteiger partial charge on any atom is -0.483 e. The Labute approximate surface area is 194 Å². The maximum absolute atomic E-state index is 13.1. The molecule has 2 amide bonds. The zero-order valence-electron chi connectivity index (χ0n) is 18.5. The number of amides is 2. The van der Waals surface area contributed by atoms with Crippen LogP contribution >= 0.6 is 23.2 Å². The Balaban J connectivity index is 2.17. The van der Waals surface area contributed by atoms with Crippen LogP contribution in [-0.2, 0) is 16.1 Å². The number of carbonyl (C=O) groups is 2. The SMILES string of the molecule is CCCCNC(=O)[C@@H](C)N(Cc1ccc(Cl)c(Cl)c1)C(=O)COc1ccc(C)cc1C. The number of nitrogens with zero attached hydrogens (tertiary/aromatic N) is 1. The van der Waals surface area contributed by atoms with Gasteiger partial charge in [-0.1, -0.05) is 60.3 Å². The van der Waals surface area contributed by atoms with Crippen LogP contribution in [-0.4, -0.2) is 35.9 Å². The van der Waals surface area contributed by atoms with Crippen molar-refractivity contribution in [2.24, 2.45) is 0 Å². The van der Waals surface area contributed by atoms with E-state index in [1.807, 2.05) is 32.0 Å². The second-order valence-corrected chi connectivity index (χ2v) is 8.46. The van der Waals surface area contributed by atoms with Gasteiger partial charge in [0.1, 0.15) is 11.8 Å². The molecule has 0 unspecified atom stereocenters. The van der Waals surface area contributed by atoms with Crippen LogP contribution in [0.2, 0.25) is 10.0 Å². The van der Waals surface area contributed by atoms with Crippen molar-refractivity contribution in [1.82, 2.24) is 10.2 Å². The molecule has 5 nitrogen and oxygen atoms in total. The zero-order chi connectivity index (χ0) is 23.0. The molecule has 0 fully saturated rings. The Morgan fingerprint density at radius 2 is 1.84 bits per heavy atom. The Morgan fingerprint density at radius 1 is 1.10 bits per heavy atom. The number of hydrogen-bond donors (Lipinski definition) is 1. The molecular weight excluding hydrogens is 435 g/mol. The molecule has 0 aromatic heterocycles. The molecule has 7 heteroatoms. The first-order valence-corrected chi connectivity index (χ1v) is 11.2. The van der Waals surface area contributed by atoms with Crippen molar-refractivity contribution in [3.63, 3.8) is 0 Å². The molecule has 2 aromatic rings. The molecule has 0 aliphatic rings. The van der Waals surface area contributed by atoms with Crippen LogP contribution < -0.4 is 10.1 Å². The van der Waals surface area contributed by atoms with Crippen molar-refractivity contribution < 1.29 is 14.3 Å². The van der Waals surface area contributed by atoms with E-state index in [4.69, 9.17) is 27.9 Å². The van der Waals surface area contributed by atoms with Gasteiger partial charge >= 0.3 is 0 Å². The summed E-state index contributed by atoms with van der Waals surface area (Å²) in [5, 5.41) is 3.73. The second kappa shape index (κ2) is 12.0. The topological polar surface area (TPSA) is 58.6 Å². The average molecular weight is 465 g/mol. The number of hydrogen-bond acceptors (Lipinski definition) is 3. The Hall–Kier alpha value is -2.24. The lowest BCUT2D eigenvalue weighted by atomic mass is 10.1. The molecular formula is C24H30Cl2N2O3. The summed E-state index contributed by atoms with van der Waals surface area (Å²) in [5.41, 5.74) is 2.85. The van der Waals surface area contributed by atoms with Gasteiger partial charge in [-0.15, -0.1) is 0 Å². The van der Waals surface area contributed by atoms with E-state index in [2.05, 4.69) is 12.2 Å². The summed E-state index contributed by atoms with van der Waals surface area (Å²) in [6.45, 7) is 8.33. The van der Waals surface area contributed by atoms with E-state index >= 15 is 0 Å². The molecule has 1 N–H and O–H groups in total. The molecule has 0 saturated heterocycles. The quantitative estimate of drug-likeness (QED) is 0.483. The molecule has 0 bridgehead atoms. The van der Waals surface area contributed by atoms with E-state index in [1.54, 1.807) is 25.1 Å². The molecule has 0 radical (unpaired) electrons. The first-order valence-electron chi connectivity index (χ1n) is 10.4. The van der Waals surface area contributed by atoms with Crippen molar-refractivity contribution in [3.8, 4) is 5.75 Å². The van der Waals surface area contributed by atoms with Gasteiger partial charge in [-0.2, -0.15) is 0 Å². The number of carbonyl (C=O) groups excluding carboxylic acids is 2. The van der Waals surface area contributed by atoms with Crippen LogP contribution in [0.4, 0.5) is 0 Å². The number of rotatable bonds is 10. The third-order valence-electron chi connectivity index (χ3n) is 5.02. The summed E-state index contributed by atoms with van der Waals surface area (Å²) in [6, 6.07) is 10.3. The van der Waals surface area contributed by atoms with Crippen LogP contribution in [0.1, 0.15) is 43.4 Å². The van der Waals surface area contributed by atoms with Crippen LogP contribution in [0.25, 0.3) is 0 Å². The third-order valence-corrected chi connectivity index (χ3v) is 5.75. The highest BCUT2D eigenvalue weighted by atomic mass is 35.5. The molecule has 2 rings (SSSR count). The summed E-state index contributed by atoms with van der Waals surface area (Å²) < 4.78 is 5.77. The van der Waals surface area contributed by atoms with Gasteiger partial charge in [0.25, 0.3) is 5.91 Å². The third kappa shape index (κ3) is 7.44. The van der Waals surface area contributed by atoms with E-state index in [0.717, 1.165) is 29.5 Å². The first-order chi connectivity index (χ1) is 14.7. The molecule has 31 heavy (non-hydrogen) atoms. The van der Waals surface area contributed by atoms with Gasteiger partial charge in [0.2, 0.25) is 5.91 Å². The smallest absolute Gasteiger partial charge is 0.261 e. The summed E-state index contributed by atoms with van der Waals surface area (Å²) in [7, 11) is 0. The fourth-order valence-electron chi connectivity index (χ4n) is 3.14. The van der Waals surface area contributed by atoms with Crippen molar-refractivity contribution in [2.45, 2.75) is 53.1 Å². The minimum atomic E-state index is -0.665. The van der Waals surface area contributed by atoms with Gasteiger partial charge < -0.3 is 15.0 Å². The minimum absolute atomic E-state index is 0.169.